The van der Waals surface area contributed by atoms with Crippen LogP contribution in [-0.4, -0.2) is 48.5 Å². The molecule has 0 aromatic heterocycles. The van der Waals surface area contributed by atoms with Gasteiger partial charge in [-0.2, -0.15) is 0 Å². The fourth-order valence-electron chi connectivity index (χ4n) is 4.85. The minimum atomic E-state index is -1.08. The van der Waals surface area contributed by atoms with E-state index in [1.807, 2.05) is 101 Å². The van der Waals surface area contributed by atoms with Gasteiger partial charge in [-0.05, 0) is 87.1 Å². The Balaban J connectivity index is 0.000000698. The zero-order valence-corrected chi connectivity index (χ0v) is 31.8. The molecule has 0 amide bonds. The van der Waals surface area contributed by atoms with Crippen LogP contribution in [0.4, 0.5) is 0 Å². The Kier molecular flexibility index (Phi) is 17.7. The maximum Gasteiger partial charge on any atom is 0.339 e. The van der Waals surface area contributed by atoms with E-state index in [1.165, 1.54) is 0 Å². The summed E-state index contributed by atoms with van der Waals surface area (Å²) in [6.45, 7) is 23.6. The quantitative estimate of drug-likeness (QED) is 0.118. The van der Waals surface area contributed by atoms with Crippen LogP contribution in [0.1, 0.15) is 183 Å². The Morgan fingerprint density at radius 3 is 0.694 bits per heavy atom. The monoisotopic (exact) mass is 722 g/mol. The van der Waals surface area contributed by atoms with Crippen molar-refractivity contribution in [3.05, 3.63) is 86.5 Å². The average Bonchev–Trinajstić information content (AvgIpc) is 2.96. The number of aromatic carboxylic acids is 3. The molecule has 0 unspecified atom stereocenters. The van der Waals surface area contributed by atoms with E-state index >= 15 is 0 Å². The molecule has 0 atom stereocenters. The van der Waals surface area contributed by atoms with Crippen molar-refractivity contribution in [2.75, 3.05) is 0 Å². The van der Waals surface area contributed by atoms with Crippen molar-refractivity contribution >= 4 is 17.9 Å². The molecule has 0 saturated heterocycles. The molecule has 3 aromatic rings. The Morgan fingerprint density at radius 1 is 0.388 bits per heavy atom. The molecule has 272 valence electrons. The number of hydrogen-bond donors (Lipinski definition) is 6. The van der Waals surface area contributed by atoms with Gasteiger partial charge < -0.3 is 30.6 Å². The van der Waals surface area contributed by atoms with Crippen LogP contribution in [0, 0.1) is 0 Å². The van der Waals surface area contributed by atoms with E-state index in [-0.39, 0.29) is 86.5 Å². The summed E-state index contributed by atoms with van der Waals surface area (Å²) in [5.74, 6) is -2.49. The minimum Gasteiger partial charge on any atom is -0.507 e. The van der Waals surface area contributed by atoms with E-state index in [0.29, 0.717) is 16.7 Å². The summed E-state index contributed by atoms with van der Waals surface area (Å²) in [5, 5.41) is 56.6. The molecule has 6 N–H and O–H groups in total. The number of carbonyl (C=O) groups is 3. The summed E-state index contributed by atoms with van der Waals surface area (Å²) in [4.78, 5) is 33.0. The fourth-order valence-corrected chi connectivity index (χ4v) is 4.85. The first-order valence-electron chi connectivity index (χ1n) is 16.3. The van der Waals surface area contributed by atoms with Gasteiger partial charge in [0.15, 0.2) is 0 Å². The third-order valence-corrected chi connectivity index (χ3v) is 8.04. The van der Waals surface area contributed by atoms with E-state index < -0.39 is 17.9 Å². The first-order valence-corrected chi connectivity index (χ1v) is 16.3. The predicted octanol–water partition coefficient (Wildman–Crippen LogP) is 10.0. The molecule has 0 radical (unpaired) electrons. The van der Waals surface area contributed by atoms with Crippen molar-refractivity contribution in [1.29, 1.82) is 0 Å². The zero-order valence-electron chi connectivity index (χ0n) is 30.7. The van der Waals surface area contributed by atoms with Crippen molar-refractivity contribution in [3.63, 3.8) is 0 Å². The normalized spacial score (nSPS) is 10.9. The average molecular weight is 723 g/mol. The molecule has 9 nitrogen and oxygen atoms in total. The van der Waals surface area contributed by atoms with Crippen LogP contribution in [0.25, 0.3) is 0 Å². The van der Waals surface area contributed by atoms with E-state index in [0.717, 1.165) is 16.7 Å². The van der Waals surface area contributed by atoms with Gasteiger partial charge in [-0.1, -0.05) is 101 Å². The first kappa shape index (κ1) is 45.0. The van der Waals surface area contributed by atoms with E-state index in [9.17, 15) is 29.7 Å². The van der Waals surface area contributed by atoms with Crippen molar-refractivity contribution in [1.82, 2.24) is 0 Å². The summed E-state index contributed by atoms with van der Waals surface area (Å²) in [6, 6.07) is 10.3. The van der Waals surface area contributed by atoms with E-state index in [2.05, 4.69) is 0 Å². The molecule has 49 heavy (non-hydrogen) atoms. The van der Waals surface area contributed by atoms with Gasteiger partial charge >= 0.3 is 17.9 Å². The molecule has 10 heteroatoms. The molecule has 3 rings (SSSR count). The Labute approximate surface area is 301 Å². The summed E-state index contributed by atoms with van der Waals surface area (Å²) >= 11 is 0. The molecular formula is C39H54FeO9. The third kappa shape index (κ3) is 12.1. The molecule has 0 heterocycles. The second kappa shape index (κ2) is 19.2. The minimum absolute atomic E-state index is 0. The smallest absolute Gasteiger partial charge is 0.339 e. The standard InChI is InChI=1S/3C13H18O3.Fe/c3*1-7(2)9-5-10(8(3)4)12(14)11(6-9)13(15)16;/h3*5-8,14H,1-4H3,(H,15,16);. The molecule has 0 bridgehead atoms. The summed E-state index contributed by atoms with van der Waals surface area (Å²) in [7, 11) is 0. The summed E-state index contributed by atoms with van der Waals surface area (Å²) < 4.78 is 0. The van der Waals surface area contributed by atoms with Crippen molar-refractivity contribution in [3.8, 4) is 17.2 Å². The van der Waals surface area contributed by atoms with Crippen LogP contribution in [0.2, 0.25) is 0 Å². The number of carboxylic acids is 3. The molecule has 0 saturated carbocycles. The second-order valence-corrected chi connectivity index (χ2v) is 13.9. The van der Waals surface area contributed by atoms with Gasteiger partial charge in [0.05, 0.1) is 0 Å². The van der Waals surface area contributed by atoms with Crippen LogP contribution in [-0.2, 0) is 17.1 Å². The van der Waals surface area contributed by atoms with Gasteiger partial charge in [-0.3, -0.25) is 0 Å². The van der Waals surface area contributed by atoms with Gasteiger partial charge in [0.1, 0.15) is 33.9 Å². The van der Waals surface area contributed by atoms with Crippen LogP contribution in [0.3, 0.4) is 0 Å². The van der Waals surface area contributed by atoms with E-state index in [4.69, 9.17) is 15.3 Å². The number of hydrogen-bond acceptors (Lipinski definition) is 6. The number of rotatable bonds is 9. The molecule has 0 aliphatic rings. The number of benzene rings is 3. The Morgan fingerprint density at radius 2 is 0.571 bits per heavy atom. The zero-order chi connectivity index (χ0) is 37.4. The molecule has 0 spiro atoms. The van der Waals surface area contributed by atoms with Crippen LogP contribution in [0.15, 0.2) is 36.4 Å². The fraction of sp³-hybridized carbons (Fsp3) is 0.462. The molecular weight excluding hydrogens is 668 g/mol. The maximum absolute atomic E-state index is 11.0. The van der Waals surface area contributed by atoms with Crippen molar-refractivity contribution in [2.45, 2.75) is 119 Å². The molecule has 0 aliphatic heterocycles. The van der Waals surface area contributed by atoms with Crippen LogP contribution >= 0.6 is 0 Å². The SMILES string of the molecule is CC(C)c1cc(C(=O)O)c(O)c(C(C)C)c1.CC(C)c1cc(C(=O)O)c(O)c(C(C)C)c1.CC(C)c1cc(C(=O)O)c(O)c(C(C)C)c1.[Fe]. The van der Waals surface area contributed by atoms with Crippen molar-refractivity contribution in [2.24, 2.45) is 0 Å². The summed E-state index contributed by atoms with van der Waals surface area (Å²) in [5.41, 5.74) is 4.91. The number of carboxylic acid groups (broad SMARTS) is 3. The molecule has 0 aliphatic carbocycles. The van der Waals surface area contributed by atoms with E-state index in [1.54, 1.807) is 18.2 Å². The molecule has 0 fully saturated rings. The van der Waals surface area contributed by atoms with Crippen LogP contribution in [0.5, 0.6) is 17.2 Å². The third-order valence-electron chi connectivity index (χ3n) is 8.04. The number of phenols is 3. The van der Waals surface area contributed by atoms with Gasteiger partial charge in [0, 0.05) is 17.1 Å². The predicted molar refractivity (Wildman–Crippen MR) is 190 cm³/mol. The summed E-state index contributed by atoms with van der Waals surface area (Å²) in [6.07, 6.45) is 0. The Bertz CT molecular complexity index is 1410. The van der Waals surface area contributed by atoms with Gasteiger partial charge in [0.25, 0.3) is 0 Å². The largest absolute Gasteiger partial charge is 0.507 e. The van der Waals surface area contributed by atoms with Gasteiger partial charge in [0.2, 0.25) is 0 Å². The van der Waals surface area contributed by atoms with Gasteiger partial charge in [-0.15, -0.1) is 0 Å². The van der Waals surface area contributed by atoms with Crippen molar-refractivity contribution < 1.29 is 62.1 Å². The first-order chi connectivity index (χ1) is 22.0. The number of aromatic hydroxyl groups is 3. The topological polar surface area (TPSA) is 173 Å². The molecule has 3 aromatic carbocycles. The van der Waals surface area contributed by atoms with Crippen LogP contribution < -0.4 is 0 Å². The second-order valence-electron chi connectivity index (χ2n) is 13.9. The van der Waals surface area contributed by atoms with Gasteiger partial charge in [-0.25, -0.2) is 14.4 Å². The maximum atomic E-state index is 11.0. The Hall–Kier alpha value is -4.01.